The van der Waals surface area contributed by atoms with Crippen molar-refractivity contribution in [2.24, 2.45) is 0 Å². The first-order valence-electron chi connectivity index (χ1n) is 4.74. The molecule has 2 unspecified atom stereocenters. The highest BCUT2D eigenvalue weighted by Crippen LogP contribution is 2.22. The molecule has 0 spiro atoms. The minimum absolute atomic E-state index is 0.440. The summed E-state index contributed by atoms with van der Waals surface area (Å²) in [5.74, 6) is 0.530. The Kier molecular flexibility index (Phi) is 2.60. The summed E-state index contributed by atoms with van der Waals surface area (Å²) in [5, 5.41) is 27.3. The molecule has 0 saturated heterocycles. The van der Waals surface area contributed by atoms with E-state index >= 15 is 0 Å². The van der Waals surface area contributed by atoms with E-state index in [1.807, 2.05) is 0 Å². The number of hydrogen-bond acceptors (Lipinski definition) is 5. The number of hydrogen-bond donors (Lipinski definition) is 2. The molecule has 0 saturated carbocycles. The van der Waals surface area contributed by atoms with Crippen molar-refractivity contribution in [1.29, 1.82) is 5.26 Å². The van der Waals surface area contributed by atoms with Gasteiger partial charge in [-0.25, -0.2) is 4.98 Å². The Bertz CT molecular complexity index is 556. The fourth-order valence-electron chi connectivity index (χ4n) is 1.50. The van der Waals surface area contributed by atoms with E-state index in [4.69, 9.17) is 9.68 Å². The largest absolute Gasteiger partial charge is 0.441 e. The van der Waals surface area contributed by atoms with Crippen molar-refractivity contribution in [3.63, 3.8) is 0 Å². The molecule has 0 aliphatic rings. The van der Waals surface area contributed by atoms with Crippen LogP contribution in [0.4, 0.5) is 0 Å². The third-order valence-corrected chi connectivity index (χ3v) is 2.29. The van der Waals surface area contributed by atoms with Crippen LogP contribution < -0.4 is 0 Å². The smallest absolute Gasteiger partial charge is 0.192 e. The maximum Gasteiger partial charge on any atom is 0.192 e. The lowest BCUT2D eigenvalue weighted by atomic mass is 10.0. The summed E-state index contributed by atoms with van der Waals surface area (Å²) in [7, 11) is 0. The molecular weight excluding hydrogens is 208 g/mol. The quantitative estimate of drug-likeness (QED) is 0.735. The molecule has 0 radical (unpaired) electrons. The van der Waals surface area contributed by atoms with Crippen molar-refractivity contribution in [2.45, 2.75) is 19.1 Å². The summed E-state index contributed by atoms with van der Waals surface area (Å²) in [6.07, 6.45) is -2.67. The van der Waals surface area contributed by atoms with Crippen LogP contribution in [0.1, 0.15) is 17.6 Å². The predicted molar refractivity (Wildman–Crippen MR) is 55.3 cm³/mol. The molecule has 1 heterocycles. The molecule has 0 aliphatic heterocycles. The average Bonchev–Trinajstić information content (AvgIpc) is 2.65. The third-order valence-electron chi connectivity index (χ3n) is 2.29. The van der Waals surface area contributed by atoms with Crippen LogP contribution in [0.2, 0.25) is 0 Å². The Morgan fingerprint density at radius 1 is 1.44 bits per heavy atom. The van der Waals surface area contributed by atoms with Crippen molar-refractivity contribution < 1.29 is 14.6 Å². The highest BCUT2D eigenvalue weighted by atomic mass is 16.3. The number of benzene rings is 1. The number of oxazole rings is 1. The minimum atomic E-state index is -1.44. The SMILES string of the molecule is Cc1nc2cc(C(O)C(O)C#N)ccc2o1. The normalized spacial score (nSPS) is 14.6. The predicted octanol–water partition coefficient (Wildman–Crippen LogP) is 1.05. The van der Waals surface area contributed by atoms with Crippen LogP contribution in [0.5, 0.6) is 0 Å². The van der Waals surface area contributed by atoms with Gasteiger partial charge in [0.25, 0.3) is 0 Å². The fourth-order valence-corrected chi connectivity index (χ4v) is 1.50. The summed E-state index contributed by atoms with van der Waals surface area (Å²) >= 11 is 0. The maximum atomic E-state index is 9.62. The van der Waals surface area contributed by atoms with Gasteiger partial charge in [-0.15, -0.1) is 0 Å². The molecular formula is C11H10N2O3. The lowest BCUT2D eigenvalue weighted by Gasteiger charge is -2.11. The van der Waals surface area contributed by atoms with Crippen molar-refractivity contribution in [3.05, 3.63) is 29.7 Å². The summed E-state index contributed by atoms with van der Waals surface area (Å²) in [5.41, 5.74) is 1.65. The second kappa shape index (κ2) is 3.93. The number of aromatic nitrogens is 1. The van der Waals surface area contributed by atoms with E-state index in [-0.39, 0.29) is 0 Å². The van der Waals surface area contributed by atoms with Gasteiger partial charge in [0, 0.05) is 6.92 Å². The van der Waals surface area contributed by atoms with Crippen molar-refractivity contribution in [1.82, 2.24) is 4.98 Å². The summed E-state index contributed by atoms with van der Waals surface area (Å²) in [4.78, 5) is 4.10. The van der Waals surface area contributed by atoms with E-state index in [1.165, 1.54) is 0 Å². The maximum absolute atomic E-state index is 9.62. The number of nitrogens with zero attached hydrogens (tertiary/aromatic N) is 2. The number of aliphatic hydroxyl groups excluding tert-OH is 2. The van der Waals surface area contributed by atoms with Crippen LogP contribution in [-0.4, -0.2) is 21.3 Å². The van der Waals surface area contributed by atoms with Crippen LogP contribution in [-0.2, 0) is 0 Å². The zero-order valence-electron chi connectivity index (χ0n) is 8.58. The molecule has 2 rings (SSSR count). The Morgan fingerprint density at radius 3 is 2.88 bits per heavy atom. The zero-order chi connectivity index (χ0) is 11.7. The first-order chi connectivity index (χ1) is 7.61. The van der Waals surface area contributed by atoms with Crippen LogP contribution >= 0.6 is 0 Å². The molecule has 2 aromatic rings. The summed E-state index contributed by atoms with van der Waals surface area (Å²) in [6, 6.07) is 6.42. The molecule has 0 fully saturated rings. The molecule has 1 aromatic heterocycles. The number of nitriles is 1. The molecule has 5 heteroatoms. The second-order valence-electron chi connectivity index (χ2n) is 3.48. The van der Waals surface area contributed by atoms with Gasteiger partial charge in [0.15, 0.2) is 17.6 Å². The number of aliphatic hydroxyl groups is 2. The molecule has 2 N–H and O–H groups in total. The van der Waals surface area contributed by atoms with Gasteiger partial charge in [0.1, 0.15) is 11.6 Å². The number of aryl methyl sites for hydroxylation is 1. The Labute approximate surface area is 91.6 Å². The van der Waals surface area contributed by atoms with Gasteiger partial charge in [0.05, 0.1) is 6.07 Å². The lowest BCUT2D eigenvalue weighted by molar-refractivity contribution is 0.0529. The van der Waals surface area contributed by atoms with Crippen molar-refractivity contribution >= 4 is 11.1 Å². The Morgan fingerprint density at radius 2 is 2.19 bits per heavy atom. The minimum Gasteiger partial charge on any atom is -0.441 e. The molecule has 0 aliphatic carbocycles. The number of fused-ring (bicyclic) bond motifs is 1. The fraction of sp³-hybridized carbons (Fsp3) is 0.273. The van der Waals surface area contributed by atoms with Crippen LogP contribution in [0, 0.1) is 18.3 Å². The van der Waals surface area contributed by atoms with E-state index in [9.17, 15) is 10.2 Å². The van der Waals surface area contributed by atoms with E-state index in [1.54, 1.807) is 31.2 Å². The molecule has 82 valence electrons. The standard InChI is InChI=1S/C11H10N2O3/c1-6-13-8-4-7(2-3-10(8)16-6)11(15)9(14)5-12/h2-4,9,11,14-15H,1H3. The second-order valence-corrected chi connectivity index (χ2v) is 3.48. The van der Waals surface area contributed by atoms with Crippen LogP contribution in [0.25, 0.3) is 11.1 Å². The lowest BCUT2D eigenvalue weighted by Crippen LogP contribution is -2.15. The highest BCUT2D eigenvalue weighted by molar-refractivity contribution is 5.73. The topological polar surface area (TPSA) is 90.3 Å². The molecule has 5 nitrogen and oxygen atoms in total. The van der Waals surface area contributed by atoms with E-state index in [0.717, 1.165) is 0 Å². The van der Waals surface area contributed by atoms with Crippen molar-refractivity contribution in [2.75, 3.05) is 0 Å². The van der Waals surface area contributed by atoms with Gasteiger partial charge in [0.2, 0.25) is 0 Å². The van der Waals surface area contributed by atoms with E-state index in [0.29, 0.717) is 22.6 Å². The van der Waals surface area contributed by atoms with Gasteiger partial charge < -0.3 is 14.6 Å². The van der Waals surface area contributed by atoms with E-state index < -0.39 is 12.2 Å². The summed E-state index contributed by atoms with van der Waals surface area (Å²) < 4.78 is 5.27. The first-order valence-corrected chi connectivity index (χ1v) is 4.74. The molecule has 1 aromatic carbocycles. The third kappa shape index (κ3) is 1.76. The molecule has 0 bridgehead atoms. The Hall–Kier alpha value is -1.90. The number of rotatable bonds is 2. The van der Waals surface area contributed by atoms with Gasteiger partial charge in [-0.05, 0) is 17.7 Å². The summed E-state index contributed by atoms with van der Waals surface area (Å²) in [6.45, 7) is 1.72. The highest BCUT2D eigenvalue weighted by Gasteiger charge is 2.18. The van der Waals surface area contributed by atoms with Gasteiger partial charge in [-0.3, -0.25) is 0 Å². The van der Waals surface area contributed by atoms with Gasteiger partial charge in [-0.1, -0.05) is 6.07 Å². The Balaban J connectivity index is 2.43. The zero-order valence-corrected chi connectivity index (χ0v) is 8.58. The van der Waals surface area contributed by atoms with Crippen LogP contribution in [0.3, 0.4) is 0 Å². The van der Waals surface area contributed by atoms with Crippen LogP contribution in [0.15, 0.2) is 22.6 Å². The average molecular weight is 218 g/mol. The van der Waals surface area contributed by atoms with Gasteiger partial charge >= 0.3 is 0 Å². The van der Waals surface area contributed by atoms with E-state index in [2.05, 4.69) is 4.98 Å². The monoisotopic (exact) mass is 218 g/mol. The van der Waals surface area contributed by atoms with Gasteiger partial charge in [-0.2, -0.15) is 5.26 Å². The first kappa shape index (κ1) is 10.6. The molecule has 0 amide bonds. The van der Waals surface area contributed by atoms with Crippen molar-refractivity contribution in [3.8, 4) is 6.07 Å². The molecule has 16 heavy (non-hydrogen) atoms. The molecule has 2 atom stereocenters.